The van der Waals surface area contributed by atoms with E-state index in [1.807, 2.05) is 0 Å². The third-order valence-corrected chi connectivity index (χ3v) is 11.5. The van der Waals surface area contributed by atoms with Crippen LogP contribution in [-0.4, -0.2) is 26.6 Å². The third kappa shape index (κ3) is 6.83. The van der Waals surface area contributed by atoms with Crippen molar-refractivity contribution in [2.24, 2.45) is 0 Å². The molecule has 0 radical (unpaired) electrons. The molecule has 4 aromatic rings. The molecule has 0 N–H and O–H groups in total. The van der Waals surface area contributed by atoms with Crippen molar-refractivity contribution in [2.75, 3.05) is 6.61 Å². The Hall–Kier alpha value is -3.73. The van der Waals surface area contributed by atoms with Crippen LogP contribution < -0.4 is 4.74 Å². The van der Waals surface area contributed by atoms with Gasteiger partial charge in [0.2, 0.25) is 0 Å². The summed E-state index contributed by atoms with van der Waals surface area (Å²) in [6.07, 6.45) is 0. The first-order valence-corrected chi connectivity index (χ1v) is 16.0. The fourth-order valence-corrected chi connectivity index (χ4v) is 10.2. The van der Waals surface area contributed by atoms with Crippen LogP contribution in [0.15, 0.2) is 111 Å². The number of benzene rings is 4. The molecule has 0 fully saturated rings. The Morgan fingerprint density at radius 1 is 0.786 bits per heavy atom. The molecule has 4 aromatic carbocycles. The van der Waals surface area contributed by atoms with Crippen LogP contribution in [0.25, 0.3) is 0 Å². The topological polar surface area (TPSA) is 78.9 Å². The molecule has 0 aromatic heterocycles. The number of ether oxygens (including phenoxy) is 2. The van der Waals surface area contributed by atoms with Crippen LogP contribution in [0, 0.1) is 25.5 Å². The lowest BCUT2D eigenvalue weighted by molar-refractivity contribution is -0.157. The smallest absolute Gasteiger partial charge is 0.344 e. The molecule has 0 aliphatic rings. The van der Waals surface area contributed by atoms with Crippen molar-refractivity contribution in [1.82, 2.24) is 0 Å². The molecule has 0 amide bonds. The zero-order chi connectivity index (χ0) is 30.7. The molecule has 42 heavy (non-hydrogen) atoms. The first-order valence-electron chi connectivity index (χ1n) is 13.0. The van der Waals surface area contributed by atoms with Gasteiger partial charge in [0.1, 0.15) is 27.9 Å². The standard InChI is InChI=1S/C32H32F2O6S2/c1-22-18-25(38-21-30(35)39-32(3,4)5)19-23(2)31(22)41(26-12-8-6-9-13-26,27-14-10-7-11-15-27)40-42(36,37)29-17-16-24(33)20-28(29)34/h6-20H,21H2,1-5H3. The second-order valence-corrected chi connectivity index (χ2v) is 14.9. The first-order chi connectivity index (χ1) is 19.7. The minimum Gasteiger partial charge on any atom is -0.482 e. The molecule has 0 atom stereocenters. The van der Waals surface area contributed by atoms with Crippen molar-refractivity contribution in [3.8, 4) is 5.75 Å². The van der Waals surface area contributed by atoms with Crippen LogP contribution >= 0.6 is 10.3 Å². The summed E-state index contributed by atoms with van der Waals surface area (Å²) in [4.78, 5) is 13.1. The van der Waals surface area contributed by atoms with E-state index in [4.69, 9.17) is 13.1 Å². The van der Waals surface area contributed by atoms with E-state index in [1.54, 1.807) is 107 Å². The van der Waals surface area contributed by atoms with Gasteiger partial charge in [0.15, 0.2) is 6.61 Å². The van der Waals surface area contributed by atoms with E-state index in [0.717, 1.165) is 12.1 Å². The summed E-state index contributed by atoms with van der Waals surface area (Å²) in [7, 11) is -7.88. The van der Waals surface area contributed by atoms with E-state index in [1.165, 1.54) is 0 Å². The van der Waals surface area contributed by atoms with Crippen LogP contribution in [0.1, 0.15) is 31.9 Å². The summed E-state index contributed by atoms with van der Waals surface area (Å²) in [5.74, 6) is -2.33. The fourth-order valence-electron chi connectivity index (χ4n) is 4.52. The predicted octanol–water partition coefficient (Wildman–Crippen LogP) is 7.90. The van der Waals surface area contributed by atoms with E-state index in [2.05, 4.69) is 0 Å². The third-order valence-electron chi connectivity index (χ3n) is 6.00. The van der Waals surface area contributed by atoms with E-state index in [9.17, 15) is 22.0 Å². The lowest BCUT2D eigenvalue weighted by Gasteiger charge is -2.41. The fraction of sp³-hybridized carbons (Fsp3) is 0.219. The van der Waals surface area contributed by atoms with Crippen molar-refractivity contribution >= 4 is 26.4 Å². The Kier molecular flexibility index (Phi) is 9.10. The molecule has 0 unspecified atom stereocenters. The van der Waals surface area contributed by atoms with E-state index >= 15 is 0 Å². The number of hydrogen-bond acceptors (Lipinski definition) is 6. The lowest BCUT2D eigenvalue weighted by Crippen LogP contribution is -2.27. The maximum atomic E-state index is 14.8. The number of esters is 1. The van der Waals surface area contributed by atoms with E-state index < -0.39 is 48.5 Å². The number of halogens is 2. The van der Waals surface area contributed by atoms with Gasteiger partial charge in [-0.1, -0.05) is 36.4 Å². The second-order valence-electron chi connectivity index (χ2n) is 10.5. The molecule has 0 spiro atoms. The number of carbonyl (C=O) groups excluding carboxylic acids is 1. The van der Waals surface area contributed by atoms with Gasteiger partial charge in [-0.15, -0.1) is 0 Å². The molecule has 0 saturated heterocycles. The number of hydrogen-bond donors (Lipinski definition) is 0. The second kappa shape index (κ2) is 12.2. The Bertz CT molecular complexity index is 1620. The molecule has 222 valence electrons. The van der Waals surface area contributed by atoms with Crippen molar-refractivity contribution < 1.29 is 35.1 Å². The minimum atomic E-state index is -4.79. The maximum absolute atomic E-state index is 14.8. The van der Waals surface area contributed by atoms with Gasteiger partial charge in [-0.2, -0.15) is 8.42 Å². The van der Waals surface area contributed by atoms with Crippen molar-refractivity contribution in [2.45, 2.75) is 59.8 Å². The summed E-state index contributed by atoms with van der Waals surface area (Å²) in [6, 6.07) is 23.3. The van der Waals surface area contributed by atoms with Gasteiger partial charge >= 0.3 is 16.1 Å². The maximum Gasteiger partial charge on any atom is 0.344 e. The summed E-state index contributed by atoms with van der Waals surface area (Å²) in [6.45, 7) is 8.52. The van der Waals surface area contributed by atoms with Gasteiger partial charge in [-0.3, -0.25) is 0 Å². The molecule has 0 saturated carbocycles. The van der Waals surface area contributed by atoms with Gasteiger partial charge in [-0.05, 0) is 105 Å². The largest absolute Gasteiger partial charge is 0.482 e. The molecule has 4 rings (SSSR count). The average molecular weight is 615 g/mol. The zero-order valence-corrected chi connectivity index (χ0v) is 25.5. The van der Waals surface area contributed by atoms with Gasteiger partial charge in [0.05, 0.1) is 0 Å². The summed E-state index contributed by atoms with van der Waals surface area (Å²) in [5, 5.41) is 0. The highest BCUT2D eigenvalue weighted by Crippen LogP contribution is 2.72. The average Bonchev–Trinajstić information content (AvgIpc) is 2.90. The molecule has 0 aliphatic heterocycles. The van der Waals surface area contributed by atoms with Gasteiger partial charge in [-0.25, -0.2) is 17.2 Å². The summed E-state index contributed by atoms with van der Waals surface area (Å²) in [5.41, 5.74) is 0.565. The molecule has 0 heterocycles. The summed E-state index contributed by atoms with van der Waals surface area (Å²) >= 11 is 0. The first kappa shape index (κ1) is 31.2. The number of carbonyl (C=O) groups is 1. The van der Waals surface area contributed by atoms with Crippen LogP contribution in [-0.2, 0) is 23.3 Å². The molecular weight excluding hydrogens is 582 g/mol. The predicted molar refractivity (Wildman–Crippen MR) is 157 cm³/mol. The van der Waals surface area contributed by atoms with Crippen LogP contribution in [0.3, 0.4) is 0 Å². The monoisotopic (exact) mass is 614 g/mol. The van der Waals surface area contributed by atoms with Gasteiger partial charge < -0.3 is 9.47 Å². The quantitative estimate of drug-likeness (QED) is 0.178. The SMILES string of the molecule is Cc1cc(OCC(=O)OC(C)(C)C)cc(C)c1S(OS(=O)(=O)c1ccc(F)cc1F)(c1ccccc1)c1ccccc1. The number of aryl methyl sites for hydroxylation is 2. The molecular formula is C32H32F2O6S2. The Labute approximate surface area is 246 Å². The number of rotatable bonds is 9. The minimum absolute atomic E-state index is 0.320. The van der Waals surface area contributed by atoms with E-state index in [-0.39, 0.29) is 6.61 Å². The highest BCUT2D eigenvalue weighted by Gasteiger charge is 2.41. The van der Waals surface area contributed by atoms with Crippen molar-refractivity contribution in [1.29, 1.82) is 0 Å². The van der Waals surface area contributed by atoms with Crippen LogP contribution in [0.4, 0.5) is 8.78 Å². The van der Waals surface area contributed by atoms with Crippen molar-refractivity contribution in [3.63, 3.8) is 0 Å². The molecule has 0 aliphatic carbocycles. The van der Waals surface area contributed by atoms with E-state index in [0.29, 0.717) is 37.6 Å². The molecule has 0 bridgehead atoms. The van der Waals surface area contributed by atoms with Crippen LogP contribution in [0.2, 0.25) is 0 Å². The lowest BCUT2D eigenvalue weighted by atomic mass is 10.1. The zero-order valence-electron chi connectivity index (χ0n) is 23.9. The highest BCUT2D eigenvalue weighted by atomic mass is 32.3. The van der Waals surface area contributed by atoms with Crippen LogP contribution in [0.5, 0.6) is 5.75 Å². The Morgan fingerprint density at radius 2 is 1.31 bits per heavy atom. The Morgan fingerprint density at radius 3 is 1.79 bits per heavy atom. The highest BCUT2D eigenvalue weighted by molar-refractivity contribution is 8.33. The van der Waals surface area contributed by atoms with Gasteiger partial charge in [0, 0.05) is 20.8 Å². The molecule has 6 nitrogen and oxygen atoms in total. The van der Waals surface area contributed by atoms with Gasteiger partial charge in [0.25, 0.3) is 0 Å². The molecule has 10 heteroatoms. The summed E-state index contributed by atoms with van der Waals surface area (Å²) < 4.78 is 73.5. The van der Waals surface area contributed by atoms with Crippen molar-refractivity contribution in [3.05, 3.63) is 114 Å². The Balaban J connectivity index is 1.92. The normalized spacial score (nSPS) is 12.5.